The monoisotopic (exact) mass is 386 g/mol. The van der Waals surface area contributed by atoms with Gasteiger partial charge in [0.05, 0.1) is 12.2 Å². The molecule has 10 nitrogen and oxygen atoms in total. The Hall–Kier alpha value is -3.01. The molecule has 1 aliphatic heterocycles. The number of hydrogen-bond donors (Lipinski definition) is 0. The molecule has 0 N–H and O–H groups in total. The fourth-order valence-electron chi connectivity index (χ4n) is 3.37. The molecule has 10 heteroatoms. The summed E-state index contributed by atoms with van der Waals surface area (Å²) in [5, 5.41) is 11.8. The highest BCUT2D eigenvalue weighted by atomic mass is 16.5. The van der Waals surface area contributed by atoms with E-state index in [-0.39, 0.29) is 5.91 Å². The van der Waals surface area contributed by atoms with Gasteiger partial charge < -0.3 is 18.5 Å². The van der Waals surface area contributed by atoms with Gasteiger partial charge in [-0.2, -0.15) is 4.98 Å². The molecule has 3 aromatic rings. The predicted molar refractivity (Wildman–Crippen MR) is 96.3 cm³/mol. The van der Waals surface area contributed by atoms with E-state index in [4.69, 9.17) is 13.6 Å². The topological polar surface area (TPSA) is 115 Å². The maximum atomic E-state index is 12.6. The molecule has 1 saturated heterocycles. The van der Waals surface area contributed by atoms with Gasteiger partial charge in [0.15, 0.2) is 11.5 Å². The van der Waals surface area contributed by atoms with Crippen LogP contribution in [-0.4, -0.2) is 62.3 Å². The lowest BCUT2D eigenvalue weighted by atomic mass is 10.2. The van der Waals surface area contributed by atoms with Crippen LogP contribution in [-0.2, 0) is 6.54 Å². The Morgan fingerprint density at radius 3 is 2.61 bits per heavy atom. The molecule has 4 rings (SSSR count). The Kier molecular flexibility index (Phi) is 4.95. The summed E-state index contributed by atoms with van der Waals surface area (Å²) in [5.41, 5.74) is 1.82. The van der Waals surface area contributed by atoms with E-state index < -0.39 is 0 Å². The third-order valence-corrected chi connectivity index (χ3v) is 4.80. The second-order valence-corrected chi connectivity index (χ2v) is 6.96. The third kappa shape index (κ3) is 3.68. The van der Waals surface area contributed by atoms with Gasteiger partial charge in [0.1, 0.15) is 17.1 Å². The maximum Gasteiger partial charge on any atom is 0.276 e. The highest BCUT2D eigenvalue weighted by Crippen LogP contribution is 2.25. The summed E-state index contributed by atoms with van der Waals surface area (Å²) in [6.07, 6.45) is 0.858. The number of aromatic nitrogens is 4. The van der Waals surface area contributed by atoms with E-state index in [9.17, 15) is 4.79 Å². The zero-order valence-electron chi connectivity index (χ0n) is 16.1. The standard InChI is InChI=1S/C18H22N6O4/c1-11-9-14(21-26-11)18(25)24-6-4-5-23(7-8-24)10-15-19-17(28-22-15)16-12(2)20-27-13(16)3/h9H,4-8,10H2,1-3H3. The molecule has 0 radical (unpaired) electrons. The molecule has 0 aromatic carbocycles. The van der Waals surface area contributed by atoms with E-state index in [2.05, 4.69) is 25.4 Å². The Morgan fingerprint density at radius 2 is 1.89 bits per heavy atom. The lowest BCUT2D eigenvalue weighted by Crippen LogP contribution is -2.35. The average molecular weight is 386 g/mol. The first-order valence-electron chi connectivity index (χ1n) is 9.22. The number of carbonyl (C=O) groups excluding carboxylic acids is 1. The summed E-state index contributed by atoms with van der Waals surface area (Å²) in [6.45, 7) is 8.84. The van der Waals surface area contributed by atoms with Crippen LogP contribution in [0.3, 0.4) is 0 Å². The zero-order valence-corrected chi connectivity index (χ0v) is 16.1. The summed E-state index contributed by atoms with van der Waals surface area (Å²) >= 11 is 0. The summed E-state index contributed by atoms with van der Waals surface area (Å²) in [6, 6.07) is 1.67. The second-order valence-electron chi connectivity index (χ2n) is 6.96. The van der Waals surface area contributed by atoms with Gasteiger partial charge in [0, 0.05) is 32.2 Å². The third-order valence-electron chi connectivity index (χ3n) is 4.80. The minimum Gasteiger partial charge on any atom is -0.361 e. The summed E-state index contributed by atoms with van der Waals surface area (Å²) < 4.78 is 15.6. The Labute approximate surface area is 161 Å². The Bertz CT molecular complexity index is 955. The molecule has 4 heterocycles. The van der Waals surface area contributed by atoms with Crippen LogP contribution in [0.2, 0.25) is 0 Å². The van der Waals surface area contributed by atoms with Crippen molar-refractivity contribution in [3.63, 3.8) is 0 Å². The van der Waals surface area contributed by atoms with E-state index >= 15 is 0 Å². The van der Waals surface area contributed by atoms with Gasteiger partial charge in [-0.3, -0.25) is 9.69 Å². The molecule has 28 heavy (non-hydrogen) atoms. The van der Waals surface area contributed by atoms with Crippen LogP contribution in [0.1, 0.15) is 39.9 Å². The molecular weight excluding hydrogens is 364 g/mol. The molecule has 0 atom stereocenters. The van der Waals surface area contributed by atoms with Crippen molar-refractivity contribution < 1.29 is 18.4 Å². The van der Waals surface area contributed by atoms with E-state index in [0.29, 0.717) is 48.6 Å². The fourth-order valence-corrected chi connectivity index (χ4v) is 3.37. The highest BCUT2D eigenvalue weighted by molar-refractivity contribution is 5.92. The molecule has 0 bridgehead atoms. The first-order chi connectivity index (χ1) is 13.5. The molecule has 0 saturated carbocycles. The summed E-state index contributed by atoms with van der Waals surface area (Å²) in [7, 11) is 0. The minimum absolute atomic E-state index is 0.0982. The van der Waals surface area contributed by atoms with Crippen molar-refractivity contribution in [2.45, 2.75) is 33.7 Å². The zero-order chi connectivity index (χ0) is 19.7. The van der Waals surface area contributed by atoms with Gasteiger partial charge in [-0.15, -0.1) is 0 Å². The van der Waals surface area contributed by atoms with Crippen molar-refractivity contribution in [3.05, 3.63) is 34.8 Å². The molecule has 1 amide bonds. The molecule has 1 fully saturated rings. The Balaban J connectivity index is 1.38. The predicted octanol–water partition coefficient (Wildman–Crippen LogP) is 1.99. The highest BCUT2D eigenvalue weighted by Gasteiger charge is 2.24. The first kappa shape index (κ1) is 18.4. The SMILES string of the molecule is Cc1cc(C(=O)N2CCCN(Cc3noc(-c4c(C)noc4C)n3)CC2)no1. The van der Waals surface area contributed by atoms with Crippen molar-refractivity contribution in [2.24, 2.45) is 0 Å². The van der Waals surface area contributed by atoms with E-state index in [1.165, 1.54) is 0 Å². The molecule has 0 unspecified atom stereocenters. The van der Waals surface area contributed by atoms with Crippen molar-refractivity contribution >= 4 is 5.91 Å². The molecule has 148 valence electrons. The summed E-state index contributed by atoms with van der Waals surface area (Å²) in [5.74, 6) is 2.20. The molecule has 0 aliphatic carbocycles. The van der Waals surface area contributed by atoms with E-state index in [1.54, 1.807) is 13.0 Å². The van der Waals surface area contributed by atoms with Gasteiger partial charge in [0.25, 0.3) is 11.8 Å². The fraction of sp³-hybridized carbons (Fsp3) is 0.500. The quantitative estimate of drug-likeness (QED) is 0.664. The van der Waals surface area contributed by atoms with Crippen LogP contribution in [0.15, 0.2) is 19.6 Å². The van der Waals surface area contributed by atoms with Crippen LogP contribution < -0.4 is 0 Å². The lowest BCUT2D eigenvalue weighted by molar-refractivity contribution is 0.0750. The van der Waals surface area contributed by atoms with Crippen molar-refractivity contribution in [1.29, 1.82) is 0 Å². The number of nitrogens with zero attached hydrogens (tertiary/aromatic N) is 6. The Morgan fingerprint density at radius 1 is 1.04 bits per heavy atom. The normalized spacial score (nSPS) is 15.8. The summed E-state index contributed by atoms with van der Waals surface area (Å²) in [4.78, 5) is 21.1. The smallest absolute Gasteiger partial charge is 0.276 e. The molecule has 1 aliphatic rings. The number of hydrogen-bond acceptors (Lipinski definition) is 9. The largest absolute Gasteiger partial charge is 0.361 e. The van der Waals surface area contributed by atoms with Crippen LogP contribution >= 0.6 is 0 Å². The van der Waals surface area contributed by atoms with Gasteiger partial charge in [-0.1, -0.05) is 15.5 Å². The second kappa shape index (κ2) is 7.55. The van der Waals surface area contributed by atoms with Crippen LogP contribution in [0.4, 0.5) is 0 Å². The van der Waals surface area contributed by atoms with Gasteiger partial charge in [0.2, 0.25) is 0 Å². The minimum atomic E-state index is -0.0982. The average Bonchev–Trinajstić information content (AvgIpc) is 3.33. The lowest BCUT2D eigenvalue weighted by Gasteiger charge is -2.20. The van der Waals surface area contributed by atoms with E-state index in [0.717, 1.165) is 30.8 Å². The van der Waals surface area contributed by atoms with E-state index in [1.807, 2.05) is 18.7 Å². The van der Waals surface area contributed by atoms with Crippen LogP contribution in [0.25, 0.3) is 11.5 Å². The van der Waals surface area contributed by atoms with Crippen molar-refractivity contribution in [2.75, 3.05) is 26.2 Å². The van der Waals surface area contributed by atoms with Crippen LogP contribution in [0.5, 0.6) is 0 Å². The van der Waals surface area contributed by atoms with Crippen molar-refractivity contribution in [1.82, 2.24) is 30.3 Å². The molecular formula is C18H22N6O4. The number of aryl methyl sites for hydroxylation is 3. The number of carbonyl (C=O) groups is 1. The number of amides is 1. The first-order valence-corrected chi connectivity index (χ1v) is 9.22. The molecule has 0 spiro atoms. The van der Waals surface area contributed by atoms with Crippen molar-refractivity contribution in [3.8, 4) is 11.5 Å². The maximum absolute atomic E-state index is 12.6. The van der Waals surface area contributed by atoms with Gasteiger partial charge >= 0.3 is 0 Å². The van der Waals surface area contributed by atoms with Gasteiger partial charge in [-0.05, 0) is 27.2 Å². The van der Waals surface area contributed by atoms with Gasteiger partial charge in [-0.25, -0.2) is 0 Å². The molecule has 3 aromatic heterocycles. The van der Waals surface area contributed by atoms with Crippen LogP contribution in [0, 0.1) is 20.8 Å². The number of rotatable bonds is 4.